The smallest absolute Gasteiger partial charge is 0.196 e. The van der Waals surface area contributed by atoms with Crippen molar-refractivity contribution in [2.45, 2.75) is 0 Å². The number of nitrogens with two attached hydrogens (primary N) is 2. The fourth-order valence-electron chi connectivity index (χ4n) is 3.06. The number of halogens is 2. The molecular weight excluding hydrogens is 371 g/mol. The Morgan fingerprint density at radius 3 is 2.22 bits per heavy atom. The molecule has 3 aromatic rings. The molecular formula is C20H12ClFN2O3. The molecule has 1 aliphatic carbocycles. The Morgan fingerprint density at radius 1 is 0.852 bits per heavy atom. The van der Waals surface area contributed by atoms with Gasteiger partial charge in [0, 0.05) is 27.9 Å². The molecule has 7 heteroatoms. The predicted octanol–water partition coefficient (Wildman–Crippen LogP) is 4.21. The van der Waals surface area contributed by atoms with Crippen LogP contribution < -0.4 is 16.2 Å². The van der Waals surface area contributed by atoms with Crippen LogP contribution in [0.3, 0.4) is 0 Å². The third kappa shape index (κ3) is 2.71. The monoisotopic (exact) mass is 382 g/mol. The van der Waals surface area contributed by atoms with Crippen LogP contribution in [-0.2, 0) is 0 Å². The molecule has 1 aliphatic rings. The van der Waals surface area contributed by atoms with E-state index in [1.54, 1.807) is 0 Å². The first kappa shape index (κ1) is 17.1. The fourth-order valence-corrected chi connectivity index (χ4v) is 3.23. The summed E-state index contributed by atoms with van der Waals surface area (Å²) in [5.41, 5.74) is 12.6. The lowest BCUT2D eigenvalue weighted by Gasteiger charge is -2.22. The van der Waals surface area contributed by atoms with E-state index in [2.05, 4.69) is 0 Å². The first-order valence-corrected chi connectivity index (χ1v) is 8.29. The maximum Gasteiger partial charge on any atom is 0.196 e. The van der Waals surface area contributed by atoms with Gasteiger partial charge in [-0.1, -0.05) is 11.6 Å². The lowest BCUT2D eigenvalue weighted by atomic mass is 9.82. The first-order chi connectivity index (χ1) is 12.9. The minimum Gasteiger partial charge on any atom is -0.455 e. The van der Waals surface area contributed by atoms with E-state index in [9.17, 15) is 14.0 Å². The Balaban J connectivity index is 1.87. The fraction of sp³-hybridized carbons (Fsp3) is 0. The normalized spacial score (nSPS) is 12.5. The van der Waals surface area contributed by atoms with Gasteiger partial charge in [-0.3, -0.25) is 9.59 Å². The molecule has 0 unspecified atom stereocenters. The summed E-state index contributed by atoms with van der Waals surface area (Å²) >= 11 is 5.96. The third-order valence-electron chi connectivity index (χ3n) is 4.33. The zero-order valence-electron chi connectivity index (χ0n) is 13.8. The SMILES string of the molecule is Nc1cc(Oc2ccc(F)cc2)c(N)c2c1C(=O)c1ccc(Cl)cc1C2=O. The summed E-state index contributed by atoms with van der Waals surface area (Å²) in [6.07, 6.45) is 0. The van der Waals surface area contributed by atoms with Crippen LogP contribution in [0, 0.1) is 5.82 Å². The van der Waals surface area contributed by atoms with Crippen molar-refractivity contribution in [2.24, 2.45) is 0 Å². The van der Waals surface area contributed by atoms with Gasteiger partial charge in [0.25, 0.3) is 0 Å². The highest BCUT2D eigenvalue weighted by Crippen LogP contribution is 2.41. The van der Waals surface area contributed by atoms with Crippen molar-refractivity contribution in [3.63, 3.8) is 0 Å². The molecule has 5 nitrogen and oxygen atoms in total. The van der Waals surface area contributed by atoms with Crippen molar-refractivity contribution < 1.29 is 18.7 Å². The van der Waals surface area contributed by atoms with Gasteiger partial charge in [0.05, 0.1) is 16.8 Å². The number of rotatable bonds is 2. The number of carbonyl (C=O) groups is 2. The number of ketones is 2. The number of anilines is 2. The van der Waals surface area contributed by atoms with E-state index in [-0.39, 0.29) is 39.4 Å². The molecule has 4 N–H and O–H groups in total. The summed E-state index contributed by atoms with van der Waals surface area (Å²) < 4.78 is 18.7. The lowest BCUT2D eigenvalue weighted by Crippen LogP contribution is -2.24. The van der Waals surface area contributed by atoms with Gasteiger partial charge in [-0.05, 0) is 42.5 Å². The molecule has 27 heavy (non-hydrogen) atoms. The molecule has 4 rings (SSSR count). The standard InChI is InChI=1S/C20H12ClFN2O3/c21-9-1-6-12-13(7-9)20(26)17-16(19(12)25)14(23)8-15(18(17)24)27-11-4-2-10(22)3-5-11/h1-8H,23-24H2. The Kier molecular flexibility index (Phi) is 3.86. The zero-order chi connectivity index (χ0) is 19.3. The van der Waals surface area contributed by atoms with E-state index in [1.807, 2.05) is 0 Å². The van der Waals surface area contributed by atoms with Gasteiger partial charge in [0.15, 0.2) is 17.3 Å². The molecule has 0 aromatic heterocycles. The number of hydrogen-bond donors (Lipinski definition) is 2. The van der Waals surface area contributed by atoms with Crippen LogP contribution in [0.5, 0.6) is 11.5 Å². The van der Waals surface area contributed by atoms with Crippen molar-refractivity contribution in [1.29, 1.82) is 0 Å². The molecule has 0 amide bonds. The highest BCUT2D eigenvalue weighted by Gasteiger charge is 2.34. The maximum absolute atomic E-state index is 13.1. The highest BCUT2D eigenvalue weighted by atomic mass is 35.5. The van der Waals surface area contributed by atoms with Crippen molar-refractivity contribution in [1.82, 2.24) is 0 Å². The maximum atomic E-state index is 13.1. The third-order valence-corrected chi connectivity index (χ3v) is 4.56. The van der Waals surface area contributed by atoms with Gasteiger partial charge in [0.2, 0.25) is 0 Å². The molecule has 0 saturated heterocycles. The molecule has 3 aromatic carbocycles. The molecule has 0 saturated carbocycles. The molecule has 0 radical (unpaired) electrons. The van der Waals surface area contributed by atoms with E-state index in [1.165, 1.54) is 48.5 Å². The van der Waals surface area contributed by atoms with Crippen LogP contribution in [-0.4, -0.2) is 11.6 Å². The van der Waals surface area contributed by atoms with Crippen molar-refractivity contribution in [3.8, 4) is 11.5 Å². The van der Waals surface area contributed by atoms with Crippen LogP contribution in [0.1, 0.15) is 31.8 Å². The van der Waals surface area contributed by atoms with Crippen LogP contribution in [0.2, 0.25) is 5.02 Å². The number of carbonyl (C=O) groups excluding carboxylic acids is 2. The molecule has 0 atom stereocenters. The molecule has 0 spiro atoms. The summed E-state index contributed by atoms with van der Waals surface area (Å²) in [6.45, 7) is 0. The number of nitrogen functional groups attached to an aromatic ring is 2. The largest absolute Gasteiger partial charge is 0.455 e. The van der Waals surface area contributed by atoms with Crippen molar-refractivity contribution in [2.75, 3.05) is 11.5 Å². The zero-order valence-corrected chi connectivity index (χ0v) is 14.5. The van der Waals surface area contributed by atoms with Gasteiger partial charge in [-0.2, -0.15) is 0 Å². The summed E-state index contributed by atoms with van der Waals surface area (Å²) in [5, 5.41) is 0.323. The lowest BCUT2D eigenvalue weighted by molar-refractivity contribution is 0.0980. The second-order valence-electron chi connectivity index (χ2n) is 6.03. The molecule has 0 heterocycles. The second kappa shape index (κ2) is 6.10. The predicted molar refractivity (Wildman–Crippen MR) is 100 cm³/mol. The summed E-state index contributed by atoms with van der Waals surface area (Å²) in [6, 6.07) is 11.1. The Morgan fingerprint density at radius 2 is 1.52 bits per heavy atom. The minimum atomic E-state index is -0.462. The van der Waals surface area contributed by atoms with Crippen molar-refractivity contribution in [3.05, 3.63) is 81.6 Å². The van der Waals surface area contributed by atoms with Crippen LogP contribution in [0.25, 0.3) is 0 Å². The van der Waals surface area contributed by atoms with Gasteiger partial charge < -0.3 is 16.2 Å². The van der Waals surface area contributed by atoms with Gasteiger partial charge in [-0.25, -0.2) is 4.39 Å². The molecule has 0 aliphatic heterocycles. The average Bonchev–Trinajstić information content (AvgIpc) is 2.64. The average molecular weight is 383 g/mol. The Bertz CT molecular complexity index is 1130. The van der Waals surface area contributed by atoms with Gasteiger partial charge in [0.1, 0.15) is 11.6 Å². The van der Waals surface area contributed by atoms with Crippen LogP contribution in [0.4, 0.5) is 15.8 Å². The first-order valence-electron chi connectivity index (χ1n) is 7.91. The van der Waals surface area contributed by atoms with Gasteiger partial charge >= 0.3 is 0 Å². The number of ether oxygens (including phenoxy) is 1. The quantitative estimate of drug-likeness (QED) is 0.506. The van der Waals surface area contributed by atoms with E-state index >= 15 is 0 Å². The minimum absolute atomic E-state index is 0.0208. The molecule has 0 fully saturated rings. The summed E-state index contributed by atoms with van der Waals surface area (Å²) in [4.78, 5) is 25.8. The summed E-state index contributed by atoms with van der Waals surface area (Å²) in [5.74, 6) is -0.885. The van der Waals surface area contributed by atoms with E-state index in [0.717, 1.165) is 0 Å². The van der Waals surface area contributed by atoms with Gasteiger partial charge in [-0.15, -0.1) is 0 Å². The second-order valence-corrected chi connectivity index (χ2v) is 6.47. The Hall–Kier alpha value is -3.38. The number of hydrogen-bond acceptors (Lipinski definition) is 5. The molecule has 0 bridgehead atoms. The van der Waals surface area contributed by atoms with E-state index in [4.69, 9.17) is 27.8 Å². The van der Waals surface area contributed by atoms with E-state index < -0.39 is 17.4 Å². The van der Waals surface area contributed by atoms with Crippen molar-refractivity contribution >= 4 is 34.5 Å². The number of fused-ring (bicyclic) bond motifs is 2. The number of benzene rings is 3. The molecule has 134 valence electrons. The summed E-state index contributed by atoms with van der Waals surface area (Å²) in [7, 11) is 0. The van der Waals surface area contributed by atoms with Crippen LogP contribution >= 0.6 is 11.6 Å². The topological polar surface area (TPSA) is 95.4 Å². The Labute approximate surface area is 158 Å². The van der Waals surface area contributed by atoms with Crippen LogP contribution in [0.15, 0.2) is 48.5 Å². The van der Waals surface area contributed by atoms with E-state index in [0.29, 0.717) is 10.8 Å². The highest BCUT2D eigenvalue weighted by molar-refractivity contribution is 6.35.